The summed E-state index contributed by atoms with van der Waals surface area (Å²) in [5, 5.41) is 7.40. The van der Waals surface area contributed by atoms with Gasteiger partial charge in [-0.1, -0.05) is 11.2 Å². The lowest BCUT2D eigenvalue weighted by atomic mass is 10.1. The van der Waals surface area contributed by atoms with Gasteiger partial charge >= 0.3 is 0 Å². The molecule has 2 heterocycles. The Bertz CT molecular complexity index is 738. The number of aryl methyl sites for hydroxylation is 2. The zero-order chi connectivity index (χ0) is 19.8. The van der Waals surface area contributed by atoms with E-state index >= 15 is 0 Å². The zero-order valence-electron chi connectivity index (χ0n) is 17.6. The predicted octanol–water partition coefficient (Wildman–Crippen LogP) is 3.07. The first-order valence-corrected chi connectivity index (χ1v) is 10.00. The molecule has 0 unspecified atom stereocenters. The van der Waals surface area contributed by atoms with Crippen LogP contribution in [0.3, 0.4) is 0 Å². The normalized spacial score (nSPS) is 15.1. The number of hydrogen-bond acceptors (Lipinski definition) is 5. The first kappa shape index (κ1) is 23.5. The molecule has 0 aliphatic carbocycles. The van der Waals surface area contributed by atoms with Crippen molar-refractivity contribution in [1.82, 2.24) is 20.3 Å². The minimum atomic E-state index is 0. The molecule has 2 aromatic rings. The standard InChI is InChI=1S/C21H31N5O2.HI/c1-4-22-21(23-6-12-27-20-14-17(2)13-18(3)15-20)26-9-7-25(8-10-26)16-19-5-11-28-24-19;/h5,11,13-15H,4,6-10,12,16H2,1-3H3,(H,22,23);1H. The second-order valence-electron chi connectivity index (χ2n) is 7.16. The number of ether oxygens (including phenoxy) is 1. The van der Waals surface area contributed by atoms with E-state index < -0.39 is 0 Å². The molecule has 3 rings (SSSR count). The molecule has 8 heteroatoms. The highest BCUT2D eigenvalue weighted by atomic mass is 127. The Labute approximate surface area is 190 Å². The van der Waals surface area contributed by atoms with Crippen LogP contribution in [-0.2, 0) is 6.54 Å². The van der Waals surface area contributed by atoms with Crippen LogP contribution in [0.2, 0.25) is 0 Å². The van der Waals surface area contributed by atoms with Crippen molar-refractivity contribution < 1.29 is 9.26 Å². The molecule has 160 valence electrons. The minimum Gasteiger partial charge on any atom is -0.492 e. The van der Waals surface area contributed by atoms with Crippen LogP contribution in [0.15, 0.2) is 40.0 Å². The molecule has 1 aliphatic rings. The van der Waals surface area contributed by atoms with Gasteiger partial charge < -0.3 is 19.5 Å². The Hall–Kier alpha value is -1.81. The van der Waals surface area contributed by atoms with Crippen molar-refractivity contribution in [3.8, 4) is 5.75 Å². The van der Waals surface area contributed by atoms with Gasteiger partial charge in [-0.15, -0.1) is 24.0 Å². The van der Waals surface area contributed by atoms with Gasteiger partial charge in [0.2, 0.25) is 0 Å². The minimum absolute atomic E-state index is 0. The summed E-state index contributed by atoms with van der Waals surface area (Å²) in [6, 6.07) is 8.20. The summed E-state index contributed by atoms with van der Waals surface area (Å²) >= 11 is 0. The van der Waals surface area contributed by atoms with E-state index in [1.54, 1.807) is 6.26 Å². The highest BCUT2D eigenvalue weighted by Gasteiger charge is 2.20. The number of benzene rings is 1. The predicted molar refractivity (Wildman–Crippen MR) is 126 cm³/mol. The van der Waals surface area contributed by atoms with Crippen molar-refractivity contribution in [2.45, 2.75) is 27.3 Å². The topological polar surface area (TPSA) is 66.1 Å². The molecule has 1 aliphatic heterocycles. The van der Waals surface area contributed by atoms with Gasteiger partial charge in [-0.25, -0.2) is 4.99 Å². The maximum absolute atomic E-state index is 5.88. The number of hydrogen-bond donors (Lipinski definition) is 1. The van der Waals surface area contributed by atoms with Crippen molar-refractivity contribution >= 4 is 29.9 Å². The zero-order valence-corrected chi connectivity index (χ0v) is 19.9. The van der Waals surface area contributed by atoms with Crippen molar-refractivity contribution in [2.24, 2.45) is 4.99 Å². The van der Waals surface area contributed by atoms with Crippen LogP contribution in [0.4, 0.5) is 0 Å². The maximum Gasteiger partial charge on any atom is 0.194 e. The molecular weight excluding hydrogens is 481 g/mol. The van der Waals surface area contributed by atoms with Crippen molar-refractivity contribution in [1.29, 1.82) is 0 Å². The number of piperazine rings is 1. The van der Waals surface area contributed by atoms with Gasteiger partial charge in [0, 0.05) is 45.3 Å². The average molecular weight is 513 g/mol. The number of nitrogens with zero attached hydrogens (tertiary/aromatic N) is 4. The molecule has 1 aromatic carbocycles. The number of nitrogens with one attached hydrogen (secondary N) is 1. The fourth-order valence-corrected chi connectivity index (χ4v) is 3.42. The molecule has 0 saturated carbocycles. The highest BCUT2D eigenvalue weighted by Crippen LogP contribution is 2.16. The quantitative estimate of drug-likeness (QED) is 0.266. The molecule has 1 saturated heterocycles. The Morgan fingerprint density at radius 3 is 2.52 bits per heavy atom. The van der Waals surface area contributed by atoms with Crippen LogP contribution in [0.25, 0.3) is 0 Å². The van der Waals surface area contributed by atoms with Crippen LogP contribution in [0.5, 0.6) is 5.75 Å². The fourth-order valence-electron chi connectivity index (χ4n) is 3.42. The molecule has 1 N–H and O–H groups in total. The van der Waals surface area contributed by atoms with Crippen LogP contribution in [0, 0.1) is 13.8 Å². The largest absolute Gasteiger partial charge is 0.492 e. The second-order valence-corrected chi connectivity index (χ2v) is 7.16. The summed E-state index contributed by atoms with van der Waals surface area (Å²) in [5.74, 6) is 1.88. The molecule has 0 radical (unpaired) electrons. The molecule has 0 bridgehead atoms. The SMILES string of the molecule is CCNC(=NCCOc1cc(C)cc(C)c1)N1CCN(Cc2ccon2)CC1.I. The second kappa shape index (κ2) is 12.0. The van der Waals surface area contributed by atoms with Gasteiger partial charge in [0.25, 0.3) is 0 Å². The van der Waals surface area contributed by atoms with E-state index in [0.717, 1.165) is 56.7 Å². The van der Waals surface area contributed by atoms with Gasteiger partial charge in [0.05, 0.1) is 12.2 Å². The van der Waals surface area contributed by atoms with Crippen LogP contribution in [-0.4, -0.2) is 66.8 Å². The van der Waals surface area contributed by atoms with E-state index in [1.165, 1.54) is 11.1 Å². The molecule has 7 nitrogen and oxygen atoms in total. The van der Waals surface area contributed by atoms with Gasteiger partial charge in [0.15, 0.2) is 5.96 Å². The smallest absolute Gasteiger partial charge is 0.194 e. The van der Waals surface area contributed by atoms with Crippen molar-refractivity contribution in [3.63, 3.8) is 0 Å². The third kappa shape index (κ3) is 7.50. The van der Waals surface area contributed by atoms with Crippen molar-refractivity contribution in [3.05, 3.63) is 47.3 Å². The number of aromatic nitrogens is 1. The summed E-state index contributed by atoms with van der Waals surface area (Å²) < 4.78 is 10.8. The molecule has 1 fully saturated rings. The van der Waals surface area contributed by atoms with Gasteiger partial charge in [-0.3, -0.25) is 4.90 Å². The summed E-state index contributed by atoms with van der Waals surface area (Å²) in [5.41, 5.74) is 3.42. The number of rotatable bonds is 7. The molecule has 1 aromatic heterocycles. The van der Waals surface area contributed by atoms with Crippen LogP contribution in [0.1, 0.15) is 23.7 Å². The lowest BCUT2D eigenvalue weighted by Crippen LogP contribution is -2.52. The highest BCUT2D eigenvalue weighted by molar-refractivity contribution is 14.0. The van der Waals surface area contributed by atoms with E-state index in [-0.39, 0.29) is 24.0 Å². The summed E-state index contributed by atoms with van der Waals surface area (Å²) in [6.45, 7) is 13.0. The summed E-state index contributed by atoms with van der Waals surface area (Å²) in [4.78, 5) is 9.47. The molecule has 29 heavy (non-hydrogen) atoms. The van der Waals surface area contributed by atoms with E-state index in [2.05, 4.69) is 59.2 Å². The average Bonchev–Trinajstić information content (AvgIpc) is 3.17. The van der Waals surface area contributed by atoms with Crippen molar-refractivity contribution in [2.75, 3.05) is 45.9 Å². The molecule has 0 atom stereocenters. The monoisotopic (exact) mass is 513 g/mol. The Kier molecular flexibility index (Phi) is 9.72. The third-order valence-corrected chi connectivity index (χ3v) is 4.70. The Morgan fingerprint density at radius 2 is 1.90 bits per heavy atom. The van der Waals surface area contributed by atoms with Gasteiger partial charge in [0.1, 0.15) is 18.6 Å². The maximum atomic E-state index is 5.88. The Balaban J connectivity index is 0.00000300. The summed E-state index contributed by atoms with van der Waals surface area (Å²) in [7, 11) is 0. The number of aliphatic imine (C=N–C) groups is 1. The Morgan fingerprint density at radius 1 is 1.17 bits per heavy atom. The van der Waals surface area contributed by atoms with E-state index in [9.17, 15) is 0 Å². The molecule has 0 spiro atoms. The first-order chi connectivity index (χ1) is 13.6. The first-order valence-electron chi connectivity index (χ1n) is 10.00. The molecule has 0 amide bonds. The fraction of sp³-hybridized carbons (Fsp3) is 0.524. The lowest BCUT2D eigenvalue weighted by Gasteiger charge is -2.36. The lowest BCUT2D eigenvalue weighted by molar-refractivity contribution is 0.169. The van der Waals surface area contributed by atoms with Gasteiger partial charge in [-0.05, 0) is 44.0 Å². The van der Waals surface area contributed by atoms with Crippen LogP contribution < -0.4 is 10.1 Å². The molecular formula is C21H32IN5O2. The third-order valence-electron chi connectivity index (χ3n) is 4.70. The summed E-state index contributed by atoms with van der Waals surface area (Å²) in [6.07, 6.45) is 1.63. The van der Waals surface area contributed by atoms with E-state index in [0.29, 0.717) is 13.2 Å². The number of guanidine groups is 1. The van der Waals surface area contributed by atoms with E-state index in [1.807, 2.05) is 6.07 Å². The van der Waals surface area contributed by atoms with Gasteiger partial charge in [-0.2, -0.15) is 0 Å². The van der Waals surface area contributed by atoms with E-state index in [4.69, 9.17) is 14.3 Å². The number of halogens is 1. The van der Waals surface area contributed by atoms with Crippen LogP contribution >= 0.6 is 24.0 Å².